The van der Waals surface area contributed by atoms with Crippen LogP contribution in [0.15, 0.2) is 24.3 Å². The van der Waals surface area contributed by atoms with Gasteiger partial charge in [-0.3, -0.25) is 4.90 Å². The van der Waals surface area contributed by atoms with E-state index in [2.05, 4.69) is 17.0 Å². The van der Waals surface area contributed by atoms with Gasteiger partial charge in [-0.2, -0.15) is 0 Å². The number of aliphatic hydroxyl groups is 2. The van der Waals surface area contributed by atoms with Gasteiger partial charge in [-0.05, 0) is 55.8 Å². The SMILES string of the molecule is OC[C@H]1CCCN(CC2(c3ccc(Cl)cc3)CCC2)[C@H]1CO. The maximum Gasteiger partial charge on any atom is 0.0590 e. The highest BCUT2D eigenvalue weighted by atomic mass is 35.5. The Balaban J connectivity index is 1.78. The van der Waals surface area contributed by atoms with Crippen LogP contribution in [0.5, 0.6) is 0 Å². The molecule has 4 heteroatoms. The van der Waals surface area contributed by atoms with Gasteiger partial charge in [0.15, 0.2) is 0 Å². The number of nitrogens with zero attached hydrogens (tertiary/aromatic N) is 1. The van der Waals surface area contributed by atoms with Gasteiger partial charge in [0.05, 0.1) is 6.61 Å². The number of halogens is 1. The second kappa shape index (κ2) is 6.88. The minimum atomic E-state index is 0.100. The Kier molecular flexibility index (Phi) is 5.08. The third kappa shape index (κ3) is 3.05. The Morgan fingerprint density at radius 1 is 1.09 bits per heavy atom. The number of benzene rings is 1. The summed E-state index contributed by atoms with van der Waals surface area (Å²) in [6, 6.07) is 8.37. The van der Waals surface area contributed by atoms with Crippen molar-refractivity contribution in [3.8, 4) is 0 Å². The Morgan fingerprint density at radius 3 is 2.36 bits per heavy atom. The first kappa shape index (κ1) is 16.3. The number of hydrogen-bond acceptors (Lipinski definition) is 3. The molecule has 3 nitrogen and oxygen atoms in total. The normalized spacial score (nSPS) is 28.3. The first-order valence-corrected chi connectivity index (χ1v) is 8.78. The van der Waals surface area contributed by atoms with E-state index in [1.807, 2.05) is 12.1 Å². The summed E-state index contributed by atoms with van der Waals surface area (Å²) in [7, 11) is 0. The van der Waals surface area contributed by atoms with E-state index in [4.69, 9.17) is 11.6 Å². The predicted molar refractivity (Wildman–Crippen MR) is 89.2 cm³/mol. The third-order valence-electron chi connectivity index (χ3n) is 5.73. The van der Waals surface area contributed by atoms with E-state index in [1.165, 1.54) is 24.8 Å². The van der Waals surface area contributed by atoms with Gasteiger partial charge in [0.2, 0.25) is 0 Å². The molecule has 0 radical (unpaired) electrons. The van der Waals surface area contributed by atoms with Gasteiger partial charge < -0.3 is 10.2 Å². The van der Waals surface area contributed by atoms with Gasteiger partial charge in [-0.15, -0.1) is 0 Å². The lowest BCUT2D eigenvalue weighted by atomic mass is 9.63. The zero-order chi connectivity index (χ0) is 15.6. The Hall–Kier alpha value is -0.610. The third-order valence-corrected chi connectivity index (χ3v) is 5.98. The number of aliphatic hydroxyl groups excluding tert-OH is 2. The molecule has 2 atom stereocenters. The van der Waals surface area contributed by atoms with Crippen LogP contribution in [0.3, 0.4) is 0 Å². The molecule has 122 valence electrons. The quantitative estimate of drug-likeness (QED) is 0.875. The second-order valence-corrected chi connectivity index (χ2v) is 7.38. The van der Waals surface area contributed by atoms with Crippen molar-refractivity contribution < 1.29 is 10.2 Å². The van der Waals surface area contributed by atoms with Crippen LogP contribution in [0.2, 0.25) is 5.02 Å². The number of rotatable bonds is 5. The van der Waals surface area contributed by atoms with Crippen molar-refractivity contribution in [2.45, 2.75) is 43.6 Å². The molecule has 2 aliphatic rings. The van der Waals surface area contributed by atoms with Crippen molar-refractivity contribution in [2.75, 3.05) is 26.3 Å². The van der Waals surface area contributed by atoms with Gasteiger partial charge in [0.25, 0.3) is 0 Å². The molecular formula is C18H26ClNO2. The first-order chi connectivity index (χ1) is 10.7. The molecule has 1 saturated heterocycles. The fourth-order valence-electron chi connectivity index (χ4n) is 4.22. The minimum Gasteiger partial charge on any atom is -0.396 e. The van der Waals surface area contributed by atoms with Gasteiger partial charge in [-0.1, -0.05) is 30.2 Å². The van der Waals surface area contributed by atoms with Crippen molar-refractivity contribution in [1.29, 1.82) is 0 Å². The average Bonchev–Trinajstić information content (AvgIpc) is 2.51. The number of piperidine rings is 1. The molecule has 2 fully saturated rings. The maximum atomic E-state index is 9.79. The molecule has 1 aromatic rings. The van der Waals surface area contributed by atoms with Crippen molar-refractivity contribution >= 4 is 11.6 Å². The predicted octanol–water partition coefficient (Wildman–Crippen LogP) is 2.83. The van der Waals surface area contributed by atoms with Gasteiger partial charge in [0, 0.05) is 29.6 Å². The number of likely N-dealkylation sites (tertiary alicyclic amines) is 1. The Morgan fingerprint density at radius 2 is 1.82 bits per heavy atom. The van der Waals surface area contributed by atoms with Crippen molar-refractivity contribution in [1.82, 2.24) is 4.90 Å². The molecule has 0 spiro atoms. The number of hydrogen-bond donors (Lipinski definition) is 2. The average molecular weight is 324 g/mol. The van der Waals surface area contributed by atoms with E-state index >= 15 is 0 Å². The molecule has 0 aromatic heterocycles. The van der Waals surface area contributed by atoms with E-state index in [0.717, 1.165) is 31.0 Å². The van der Waals surface area contributed by atoms with E-state index < -0.39 is 0 Å². The standard InChI is InChI=1S/C18H26ClNO2/c19-16-6-4-15(5-7-16)18(8-2-9-18)13-20-10-1-3-14(11-21)17(20)12-22/h4-7,14,17,21-22H,1-3,8-13H2/t14-,17+/m1/s1. The molecule has 1 saturated carbocycles. The van der Waals surface area contributed by atoms with E-state index in [1.54, 1.807) is 0 Å². The molecular weight excluding hydrogens is 298 g/mol. The molecule has 0 unspecified atom stereocenters. The molecule has 1 aromatic carbocycles. The van der Waals surface area contributed by atoms with Crippen LogP contribution < -0.4 is 0 Å². The van der Waals surface area contributed by atoms with Crippen molar-refractivity contribution in [3.05, 3.63) is 34.9 Å². The first-order valence-electron chi connectivity index (χ1n) is 8.40. The van der Waals surface area contributed by atoms with Crippen LogP contribution in [-0.2, 0) is 5.41 Å². The smallest absolute Gasteiger partial charge is 0.0590 e. The highest BCUT2D eigenvalue weighted by Gasteiger charge is 2.42. The van der Waals surface area contributed by atoms with Crippen LogP contribution in [0, 0.1) is 5.92 Å². The molecule has 22 heavy (non-hydrogen) atoms. The van der Waals surface area contributed by atoms with E-state index in [-0.39, 0.29) is 30.6 Å². The summed E-state index contributed by atoms with van der Waals surface area (Å²) >= 11 is 6.03. The fraction of sp³-hybridized carbons (Fsp3) is 0.667. The fourth-order valence-corrected chi connectivity index (χ4v) is 4.35. The summed E-state index contributed by atoms with van der Waals surface area (Å²) in [6.07, 6.45) is 5.80. The summed E-state index contributed by atoms with van der Waals surface area (Å²) in [5.74, 6) is 0.209. The molecule has 1 heterocycles. The monoisotopic (exact) mass is 323 g/mol. The summed E-state index contributed by atoms with van der Waals surface area (Å²) in [6.45, 7) is 2.32. The second-order valence-electron chi connectivity index (χ2n) is 6.95. The summed E-state index contributed by atoms with van der Waals surface area (Å²) in [5, 5.41) is 20.1. The van der Waals surface area contributed by atoms with Crippen LogP contribution in [-0.4, -0.2) is 47.5 Å². The molecule has 0 bridgehead atoms. The summed E-state index contributed by atoms with van der Waals surface area (Å²) < 4.78 is 0. The van der Waals surface area contributed by atoms with E-state index in [0.29, 0.717) is 0 Å². The van der Waals surface area contributed by atoms with Crippen molar-refractivity contribution in [2.24, 2.45) is 5.92 Å². The van der Waals surface area contributed by atoms with Crippen LogP contribution in [0.4, 0.5) is 0 Å². The van der Waals surface area contributed by atoms with Crippen molar-refractivity contribution in [3.63, 3.8) is 0 Å². The molecule has 2 N–H and O–H groups in total. The molecule has 1 aliphatic heterocycles. The Labute approximate surface area is 137 Å². The maximum absolute atomic E-state index is 9.79. The summed E-state index contributed by atoms with van der Waals surface area (Å²) in [4.78, 5) is 2.41. The Bertz CT molecular complexity index is 486. The summed E-state index contributed by atoms with van der Waals surface area (Å²) in [5.41, 5.74) is 1.57. The van der Waals surface area contributed by atoms with Crippen LogP contribution >= 0.6 is 11.6 Å². The lowest BCUT2D eigenvalue weighted by Gasteiger charge is -2.50. The lowest BCUT2D eigenvalue weighted by Crippen LogP contribution is -2.55. The van der Waals surface area contributed by atoms with Crippen LogP contribution in [0.1, 0.15) is 37.7 Å². The zero-order valence-electron chi connectivity index (χ0n) is 13.0. The van der Waals surface area contributed by atoms with Gasteiger partial charge in [-0.25, -0.2) is 0 Å². The van der Waals surface area contributed by atoms with Gasteiger partial charge >= 0.3 is 0 Å². The molecule has 1 aliphatic carbocycles. The van der Waals surface area contributed by atoms with E-state index in [9.17, 15) is 10.2 Å². The zero-order valence-corrected chi connectivity index (χ0v) is 13.8. The largest absolute Gasteiger partial charge is 0.396 e. The molecule has 3 rings (SSSR count). The lowest BCUT2D eigenvalue weighted by molar-refractivity contribution is -0.00311. The highest BCUT2D eigenvalue weighted by molar-refractivity contribution is 6.30. The topological polar surface area (TPSA) is 43.7 Å². The minimum absolute atomic E-state index is 0.100. The van der Waals surface area contributed by atoms with Gasteiger partial charge in [0.1, 0.15) is 0 Å². The van der Waals surface area contributed by atoms with Crippen LogP contribution in [0.25, 0.3) is 0 Å². The highest BCUT2D eigenvalue weighted by Crippen LogP contribution is 2.45. The molecule has 0 amide bonds.